The molecule has 0 unspecified atom stereocenters. The minimum Gasteiger partial charge on any atom is -0.496 e. The van der Waals surface area contributed by atoms with E-state index in [4.69, 9.17) is 4.74 Å². The summed E-state index contributed by atoms with van der Waals surface area (Å²) in [5, 5.41) is 3.18. The summed E-state index contributed by atoms with van der Waals surface area (Å²) in [6, 6.07) is 5.67. The van der Waals surface area contributed by atoms with E-state index in [1.54, 1.807) is 14.0 Å². The Labute approximate surface area is 117 Å². The third-order valence-electron chi connectivity index (χ3n) is 2.55. The highest BCUT2D eigenvalue weighted by Gasteiger charge is 2.06. The van der Waals surface area contributed by atoms with Gasteiger partial charge in [-0.15, -0.1) is 0 Å². The van der Waals surface area contributed by atoms with Gasteiger partial charge in [-0.25, -0.2) is 8.42 Å². The molecule has 1 aromatic carbocycles. The van der Waals surface area contributed by atoms with Gasteiger partial charge in [-0.2, -0.15) is 0 Å². The van der Waals surface area contributed by atoms with Gasteiger partial charge in [0.2, 0.25) is 0 Å². The molecule has 0 spiro atoms. The average molecular weight is 336 g/mol. The molecule has 0 fully saturated rings. The molecule has 0 atom stereocenters. The van der Waals surface area contributed by atoms with Gasteiger partial charge in [0.15, 0.2) is 0 Å². The first-order chi connectivity index (χ1) is 8.48. The van der Waals surface area contributed by atoms with E-state index in [1.807, 2.05) is 18.2 Å². The standard InChI is InChI=1S/C12H18BrNO3S/c1-3-18(15,16)8-4-7-14-10-5-6-12(17-2)11(13)9-10/h5-6,9,14H,3-4,7-8H2,1-2H3. The first-order valence-corrected chi connectivity index (χ1v) is 8.38. The van der Waals surface area contributed by atoms with Crippen LogP contribution in [0.25, 0.3) is 0 Å². The summed E-state index contributed by atoms with van der Waals surface area (Å²) in [7, 11) is -1.25. The van der Waals surface area contributed by atoms with Crippen molar-refractivity contribution in [3.63, 3.8) is 0 Å². The minimum absolute atomic E-state index is 0.209. The molecule has 6 heteroatoms. The summed E-state index contributed by atoms with van der Waals surface area (Å²) in [5.41, 5.74) is 0.941. The largest absolute Gasteiger partial charge is 0.496 e. The molecule has 0 radical (unpaired) electrons. The summed E-state index contributed by atoms with van der Waals surface area (Å²) in [5.74, 6) is 1.21. The van der Waals surface area contributed by atoms with Crippen LogP contribution < -0.4 is 10.1 Å². The Morgan fingerprint density at radius 2 is 2.11 bits per heavy atom. The van der Waals surface area contributed by atoms with Crippen LogP contribution in [0.3, 0.4) is 0 Å². The summed E-state index contributed by atoms with van der Waals surface area (Å²) in [6.45, 7) is 2.31. The molecule has 0 saturated heterocycles. The molecule has 4 nitrogen and oxygen atoms in total. The summed E-state index contributed by atoms with van der Waals surface area (Å²) in [6.07, 6.45) is 0.611. The average Bonchev–Trinajstić information content (AvgIpc) is 2.35. The van der Waals surface area contributed by atoms with Crippen LogP contribution in [0.5, 0.6) is 5.75 Å². The second-order valence-electron chi connectivity index (χ2n) is 3.87. The van der Waals surface area contributed by atoms with Gasteiger partial charge in [-0.3, -0.25) is 0 Å². The lowest BCUT2D eigenvalue weighted by atomic mass is 10.3. The first-order valence-electron chi connectivity index (χ1n) is 5.76. The van der Waals surface area contributed by atoms with E-state index in [2.05, 4.69) is 21.2 Å². The second-order valence-corrected chi connectivity index (χ2v) is 7.19. The molecule has 0 saturated carbocycles. The predicted molar refractivity (Wildman–Crippen MR) is 78.1 cm³/mol. The highest BCUT2D eigenvalue weighted by molar-refractivity contribution is 9.10. The zero-order chi connectivity index (χ0) is 13.6. The van der Waals surface area contributed by atoms with Crippen molar-refractivity contribution in [2.24, 2.45) is 0 Å². The van der Waals surface area contributed by atoms with E-state index in [1.165, 1.54) is 0 Å². The number of methoxy groups -OCH3 is 1. The van der Waals surface area contributed by atoms with E-state index >= 15 is 0 Å². The van der Waals surface area contributed by atoms with E-state index in [9.17, 15) is 8.42 Å². The number of halogens is 1. The Kier molecular flexibility index (Phi) is 5.95. The zero-order valence-corrected chi connectivity index (χ0v) is 13.0. The maximum Gasteiger partial charge on any atom is 0.150 e. The van der Waals surface area contributed by atoms with Crippen LogP contribution in [-0.4, -0.2) is 33.6 Å². The Balaban J connectivity index is 2.43. The number of ether oxygens (including phenoxy) is 1. The lowest BCUT2D eigenvalue weighted by molar-refractivity contribution is 0.412. The minimum atomic E-state index is -2.86. The van der Waals surface area contributed by atoms with Crippen molar-refractivity contribution >= 4 is 31.5 Å². The van der Waals surface area contributed by atoms with Gasteiger partial charge in [0, 0.05) is 18.0 Å². The summed E-state index contributed by atoms with van der Waals surface area (Å²) < 4.78 is 28.6. The van der Waals surface area contributed by atoms with Crippen molar-refractivity contribution in [1.82, 2.24) is 0 Å². The van der Waals surface area contributed by atoms with Crippen LogP contribution in [0, 0.1) is 0 Å². The first kappa shape index (κ1) is 15.3. The van der Waals surface area contributed by atoms with Crippen molar-refractivity contribution in [2.75, 3.05) is 30.5 Å². The predicted octanol–water partition coefficient (Wildman–Crippen LogP) is 2.69. The topological polar surface area (TPSA) is 55.4 Å². The van der Waals surface area contributed by atoms with E-state index in [0.29, 0.717) is 13.0 Å². The molecule has 0 heterocycles. The summed E-state index contributed by atoms with van der Waals surface area (Å²) in [4.78, 5) is 0. The molecule has 1 rings (SSSR count). The Morgan fingerprint density at radius 1 is 1.39 bits per heavy atom. The highest BCUT2D eigenvalue weighted by Crippen LogP contribution is 2.27. The van der Waals surface area contributed by atoms with Crippen molar-refractivity contribution in [3.05, 3.63) is 22.7 Å². The molecule has 0 amide bonds. The van der Waals surface area contributed by atoms with E-state index in [0.717, 1.165) is 15.9 Å². The molecule has 0 bridgehead atoms. The molecule has 1 N–H and O–H groups in total. The maximum atomic E-state index is 11.3. The maximum absolute atomic E-state index is 11.3. The zero-order valence-electron chi connectivity index (χ0n) is 10.6. The number of hydrogen-bond donors (Lipinski definition) is 1. The molecule has 0 aromatic heterocycles. The Bertz CT molecular complexity index is 488. The van der Waals surface area contributed by atoms with Gasteiger partial charge >= 0.3 is 0 Å². The van der Waals surface area contributed by atoms with Gasteiger partial charge < -0.3 is 10.1 Å². The molecule has 18 heavy (non-hydrogen) atoms. The van der Waals surface area contributed by atoms with Crippen LogP contribution in [-0.2, 0) is 9.84 Å². The molecule has 0 aliphatic heterocycles. The number of sulfone groups is 1. The number of nitrogens with one attached hydrogen (secondary N) is 1. The SMILES string of the molecule is CCS(=O)(=O)CCCNc1ccc(OC)c(Br)c1. The number of benzene rings is 1. The van der Waals surface area contributed by atoms with E-state index in [-0.39, 0.29) is 11.5 Å². The van der Waals surface area contributed by atoms with Crippen LogP contribution >= 0.6 is 15.9 Å². The molecular weight excluding hydrogens is 318 g/mol. The fraction of sp³-hybridized carbons (Fsp3) is 0.500. The second kappa shape index (κ2) is 6.99. The molecule has 1 aromatic rings. The van der Waals surface area contributed by atoms with Crippen LogP contribution in [0.2, 0.25) is 0 Å². The van der Waals surface area contributed by atoms with Crippen LogP contribution in [0.4, 0.5) is 5.69 Å². The Morgan fingerprint density at radius 3 is 2.67 bits per heavy atom. The quantitative estimate of drug-likeness (QED) is 0.778. The fourth-order valence-corrected chi connectivity index (χ4v) is 2.86. The molecule has 0 aliphatic carbocycles. The van der Waals surface area contributed by atoms with Crippen LogP contribution in [0.15, 0.2) is 22.7 Å². The van der Waals surface area contributed by atoms with E-state index < -0.39 is 9.84 Å². The van der Waals surface area contributed by atoms with Crippen molar-refractivity contribution < 1.29 is 13.2 Å². The van der Waals surface area contributed by atoms with Gasteiger partial charge in [0.1, 0.15) is 15.6 Å². The number of anilines is 1. The van der Waals surface area contributed by atoms with Gasteiger partial charge in [-0.05, 0) is 40.5 Å². The molecular formula is C12H18BrNO3S. The van der Waals surface area contributed by atoms with Crippen LogP contribution in [0.1, 0.15) is 13.3 Å². The Hall–Kier alpha value is -0.750. The van der Waals surface area contributed by atoms with Gasteiger partial charge in [0.05, 0.1) is 17.3 Å². The number of hydrogen-bond acceptors (Lipinski definition) is 4. The normalized spacial score (nSPS) is 11.3. The smallest absolute Gasteiger partial charge is 0.150 e. The van der Waals surface area contributed by atoms with Crippen molar-refractivity contribution in [1.29, 1.82) is 0 Å². The summed E-state index contributed by atoms with van der Waals surface area (Å²) >= 11 is 3.40. The van der Waals surface area contributed by atoms with Gasteiger partial charge in [0.25, 0.3) is 0 Å². The number of rotatable bonds is 7. The molecule has 0 aliphatic rings. The third-order valence-corrected chi connectivity index (χ3v) is 4.96. The van der Waals surface area contributed by atoms with Gasteiger partial charge in [-0.1, -0.05) is 6.92 Å². The fourth-order valence-electron chi connectivity index (χ4n) is 1.45. The molecule has 102 valence electrons. The monoisotopic (exact) mass is 335 g/mol. The van der Waals surface area contributed by atoms with Crippen molar-refractivity contribution in [3.8, 4) is 5.75 Å². The van der Waals surface area contributed by atoms with Crippen molar-refractivity contribution in [2.45, 2.75) is 13.3 Å². The lowest BCUT2D eigenvalue weighted by Crippen LogP contribution is -2.12. The lowest BCUT2D eigenvalue weighted by Gasteiger charge is -2.09. The highest BCUT2D eigenvalue weighted by atomic mass is 79.9. The third kappa shape index (κ3) is 4.86.